The lowest BCUT2D eigenvalue weighted by molar-refractivity contribution is 0.580. The Hall–Kier alpha value is -2.00. The minimum atomic E-state index is -0.0742. The Labute approximate surface area is 108 Å². The molecule has 0 radical (unpaired) electrons. The Bertz CT molecular complexity index is 480. The first-order chi connectivity index (χ1) is 8.90. The maximum absolute atomic E-state index is 4.32. The van der Waals surface area contributed by atoms with Crippen molar-refractivity contribution in [3.63, 3.8) is 0 Å². The van der Waals surface area contributed by atoms with Crippen LogP contribution in [0.5, 0.6) is 0 Å². The van der Waals surface area contributed by atoms with Crippen LogP contribution in [-0.2, 0) is 6.54 Å². The van der Waals surface area contributed by atoms with Crippen molar-refractivity contribution in [1.29, 1.82) is 0 Å². The molecule has 2 rings (SSSR count). The molecule has 2 aromatic carbocycles. The molecule has 0 fully saturated rings. The second-order valence-corrected chi connectivity index (χ2v) is 4.00. The Morgan fingerprint density at radius 2 is 1.56 bits per heavy atom. The lowest BCUT2D eigenvalue weighted by Crippen LogP contribution is -2.13. The molecule has 3 nitrogen and oxygen atoms in total. The van der Waals surface area contributed by atoms with Gasteiger partial charge in [-0.15, -0.1) is 0 Å². The first-order valence-electron chi connectivity index (χ1n) is 6.03. The number of hydrogen-bond acceptors (Lipinski definition) is 3. The Balaban J connectivity index is 1.99. The van der Waals surface area contributed by atoms with Gasteiger partial charge in [0, 0.05) is 0 Å². The first kappa shape index (κ1) is 12.5. The van der Waals surface area contributed by atoms with Crippen LogP contribution in [0.15, 0.2) is 70.9 Å². The predicted octanol–water partition coefficient (Wildman–Crippen LogP) is 3.56. The zero-order valence-electron chi connectivity index (χ0n) is 10.5. The highest BCUT2D eigenvalue weighted by Crippen LogP contribution is 2.14. The Kier molecular flexibility index (Phi) is 4.61. The monoisotopic (exact) mass is 239 g/mol. The lowest BCUT2D eigenvalue weighted by atomic mass is 10.2. The molecule has 92 valence electrons. The van der Waals surface area contributed by atoms with Crippen molar-refractivity contribution in [2.75, 3.05) is 7.05 Å². The smallest absolute Gasteiger partial charge is 0.146 e. The van der Waals surface area contributed by atoms with Crippen molar-refractivity contribution in [3.8, 4) is 0 Å². The standard InChI is InChI=1S/C15H17N3/c1-16-15(14-10-6-3-7-11-14)18-17-12-13-8-4-2-5-9-13/h2-11,15-16H,12H2,1H3/b18-17-. The molecule has 1 unspecified atom stereocenters. The summed E-state index contributed by atoms with van der Waals surface area (Å²) in [5.41, 5.74) is 2.29. The van der Waals surface area contributed by atoms with Crippen LogP contribution in [-0.4, -0.2) is 7.05 Å². The van der Waals surface area contributed by atoms with E-state index in [2.05, 4.69) is 27.7 Å². The van der Waals surface area contributed by atoms with Crippen LogP contribution >= 0.6 is 0 Å². The van der Waals surface area contributed by atoms with Crippen molar-refractivity contribution >= 4 is 0 Å². The fourth-order valence-electron chi connectivity index (χ4n) is 1.71. The van der Waals surface area contributed by atoms with Crippen LogP contribution in [0.2, 0.25) is 0 Å². The van der Waals surface area contributed by atoms with Gasteiger partial charge in [-0.2, -0.15) is 10.2 Å². The van der Waals surface area contributed by atoms with E-state index in [-0.39, 0.29) is 6.17 Å². The summed E-state index contributed by atoms with van der Waals surface area (Å²) in [7, 11) is 1.89. The second-order valence-electron chi connectivity index (χ2n) is 4.00. The fraction of sp³-hybridized carbons (Fsp3) is 0.200. The van der Waals surface area contributed by atoms with Gasteiger partial charge < -0.3 is 0 Å². The SMILES string of the molecule is CNC(/N=N\Cc1ccccc1)c1ccccc1. The molecule has 0 amide bonds. The second kappa shape index (κ2) is 6.67. The van der Waals surface area contributed by atoms with Crippen molar-refractivity contribution in [3.05, 3.63) is 71.8 Å². The summed E-state index contributed by atoms with van der Waals surface area (Å²) in [5.74, 6) is 0. The van der Waals surface area contributed by atoms with Crippen LogP contribution in [0.1, 0.15) is 17.3 Å². The highest BCUT2D eigenvalue weighted by Gasteiger charge is 2.05. The van der Waals surface area contributed by atoms with E-state index in [0.29, 0.717) is 6.54 Å². The molecule has 0 aliphatic rings. The van der Waals surface area contributed by atoms with Gasteiger partial charge in [0.2, 0.25) is 0 Å². The van der Waals surface area contributed by atoms with E-state index in [4.69, 9.17) is 0 Å². The molecule has 0 bridgehead atoms. The van der Waals surface area contributed by atoms with Crippen LogP contribution in [0.4, 0.5) is 0 Å². The summed E-state index contributed by atoms with van der Waals surface area (Å²) in [4.78, 5) is 0. The topological polar surface area (TPSA) is 36.8 Å². The van der Waals surface area contributed by atoms with E-state index in [9.17, 15) is 0 Å². The molecule has 0 aliphatic carbocycles. The third-order valence-corrected chi connectivity index (χ3v) is 2.68. The van der Waals surface area contributed by atoms with Crippen LogP contribution < -0.4 is 5.32 Å². The number of nitrogens with zero attached hydrogens (tertiary/aromatic N) is 2. The van der Waals surface area contributed by atoms with Crippen LogP contribution in [0, 0.1) is 0 Å². The van der Waals surface area contributed by atoms with Gasteiger partial charge >= 0.3 is 0 Å². The number of nitrogens with one attached hydrogen (secondary N) is 1. The van der Waals surface area contributed by atoms with E-state index in [1.165, 1.54) is 5.56 Å². The van der Waals surface area contributed by atoms with E-state index < -0.39 is 0 Å². The number of azo groups is 1. The Morgan fingerprint density at radius 1 is 0.944 bits per heavy atom. The van der Waals surface area contributed by atoms with Gasteiger partial charge in [-0.3, -0.25) is 5.32 Å². The zero-order valence-corrected chi connectivity index (χ0v) is 10.5. The van der Waals surface area contributed by atoms with Crippen molar-refractivity contribution in [2.45, 2.75) is 12.7 Å². The number of benzene rings is 2. The van der Waals surface area contributed by atoms with Gasteiger partial charge in [0.1, 0.15) is 6.17 Å². The quantitative estimate of drug-likeness (QED) is 0.796. The molecule has 3 heteroatoms. The molecule has 1 atom stereocenters. The Morgan fingerprint density at radius 3 is 2.17 bits per heavy atom. The van der Waals surface area contributed by atoms with Crippen LogP contribution in [0.25, 0.3) is 0 Å². The normalized spacial score (nSPS) is 12.7. The summed E-state index contributed by atoms with van der Waals surface area (Å²) in [6.45, 7) is 0.617. The van der Waals surface area contributed by atoms with Crippen molar-refractivity contribution in [2.24, 2.45) is 10.2 Å². The summed E-state index contributed by atoms with van der Waals surface area (Å²) in [6.07, 6.45) is -0.0742. The molecule has 0 saturated carbocycles. The van der Waals surface area contributed by atoms with Gasteiger partial charge in [-0.25, -0.2) is 0 Å². The molecule has 0 spiro atoms. The third kappa shape index (κ3) is 3.50. The van der Waals surface area contributed by atoms with E-state index in [0.717, 1.165) is 5.56 Å². The maximum Gasteiger partial charge on any atom is 0.146 e. The van der Waals surface area contributed by atoms with Gasteiger partial charge in [-0.05, 0) is 18.2 Å². The van der Waals surface area contributed by atoms with Gasteiger partial charge in [-0.1, -0.05) is 60.7 Å². The minimum Gasteiger partial charge on any atom is -0.294 e. The van der Waals surface area contributed by atoms with E-state index in [1.54, 1.807) is 0 Å². The average Bonchev–Trinajstić information content (AvgIpc) is 2.46. The average molecular weight is 239 g/mol. The number of hydrogen-bond donors (Lipinski definition) is 1. The maximum atomic E-state index is 4.32. The third-order valence-electron chi connectivity index (χ3n) is 2.68. The lowest BCUT2D eigenvalue weighted by Gasteiger charge is -2.09. The van der Waals surface area contributed by atoms with Crippen molar-refractivity contribution < 1.29 is 0 Å². The highest BCUT2D eigenvalue weighted by atomic mass is 15.2. The first-order valence-corrected chi connectivity index (χ1v) is 6.03. The molecule has 0 heterocycles. The molecule has 0 aromatic heterocycles. The van der Waals surface area contributed by atoms with Crippen molar-refractivity contribution in [1.82, 2.24) is 5.32 Å². The molecule has 0 aliphatic heterocycles. The van der Waals surface area contributed by atoms with Gasteiger partial charge in [0.25, 0.3) is 0 Å². The summed E-state index contributed by atoms with van der Waals surface area (Å²) >= 11 is 0. The van der Waals surface area contributed by atoms with Crippen LogP contribution in [0.3, 0.4) is 0 Å². The molecule has 0 saturated heterocycles. The molecule has 18 heavy (non-hydrogen) atoms. The highest BCUT2D eigenvalue weighted by molar-refractivity contribution is 5.18. The fourth-order valence-corrected chi connectivity index (χ4v) is 1.71. The molecular formula is C15H17N3. The summed E-state index contributed by atoms with van der Waals surface area (Å²) < 4.78 is 0. The summed E-state index contributed by atoms with van der Waals surface area (Å²) in [6, 6.07) is 20.2. The summed E-state index contributed by atoms with van der Waals surface area (Å²) in [5, 5.41) is 11.7. The van der Waals surface area contributed by atoms with E-state index in [1.807, 2.05) is 55.6 Å². The molecular weight excluding hydrogens is 222 g/mol. The molecule has 2 aromatic rings. The largest absolute Gasteiger partial charge is 0.294 e. The predicted molar refractivity (Wildman–Crippen MR) is 73.2 cm³/mol. The zero-order chi connectivity index (χ0) is 12.6. The van der Waals surface area contributed by atoms with E-state index >= 15 is 0 Å². The van der Waals surface area contributed by atoms with Gasteiger partial charge in [0.15, 0.2) is 0 Å². The van der Waals surface area contributed by atoms with Gasteiger partial charge in [0.05, 0.1) is 6.54 Å². The minimum absolute atomic E-state index is 0.0742. The molecule has 1 N–H and O–H groups in total. The number of rotatable bonds is 5.